The van der Waals surface area contributed by atoms with Crippen LogP contribution in [0.3, 0.4) is 0 Å². The van der Waals surface area contributed by atoms with Gasteiger partial charge in [0.05, 0.1) is 18.0 Å². The van der Waals surface area contributed by atoms with Crippen molar-refractivity contribution < 1.29 is 9.53 Å². The largest absolute Gasteiger partial charge is 0.376 e. The van der Waals surface area contributed by atoms with Gasteiger partial charge >= 0.3 is 0 Å². The lowest BCUT2D eigenvalue weighted by atomic mass is 9.95. The molecule has 154 valence electrons. The number of carbonyl (C=O) groups is 1. The quantitative estimate of drug-likeness (QED) is 0.797. The summed E-state index contributed by atoms with van der Waals surface area (Å²) in [6.07, 6.45) is 7.68. The molecule has 1 aromatic rings. The number of likely N-dealkylation sites (N-methyl/N-ethyl adjacent to an activating group) is 1. The van der Waals surface area contributed by atoms with Crippen LogP contribution in [0.4, 0.5) is 11.5 Å². The van der Waals surface area contributed by atoms with Crippen LogP contribution in [0.1, 0.15) is 25.7 Å². The minimum absolute atomic E-state index is 0.0920. The van der Waals surface area contributed by atoms with Crippen molar-refractivity contribution in [1.82, 2.24) is 20.2 Å². The summed E-state index contributed by atoms with van der Waals surface area (Å²) >= 11 is 0. The summed E-state index contributed by atoms with van der Waals surface area (Å²) in [5.41, 5.74) is 1.10. The second-order valence-electron chi connectivity index (χ2n) is 8.16. The summed E-state index contributed by atoms with van der Waals surface area (Å²) in [4.78, 5) is 28.4. The maximum atomic E-state index is 12.5. The van der Waals surface area contributed by atoms with E-state index in [0.717, 1.165) is 83.1 Å². The predicted octanol–water partition coefficient (Wildman–Crippen LogP) is 0.740. The summed E-state index contributed by atoms with van der Waals surface area (Å²) in [6.45, 7) is 7.29. The molecule has 1 atom stereocenters. The highest BCUT2D eigenvalue weighted by molar-refractivity contribution is 5.79. The first-order valence-electron chi connectivity index (χ1n) is 10.6. The van der Waals surface area contributed by atoms with Crippen molar-refractivity contribution in [2.45, 2.75) is 31.8 Å². The first kappa shape index (κ1) is 19.4. The summed E-state index contributed by atoms with van der Waals surface area (Å²) in [6, 6.07) is 0. The fourth-order valence-electron chi connectivity index (χ4n) is 4.35. The highest BCUT2D eigenvalue weighted by atomic mass is 16.5. The third-order valence-electron chi connectivity index (χ3n) is 6.21. The zero-order chi connectivity index (χ0) is 19.3. The lowest BCUT2D eigenvalue weighted by Crippen LogP contribution is -2.46. The second-order valence-corrected chi connectivity index (χ2v) is 8.16. The van der Waals surface area contributed by atoms with E-state index >= 15 is 0 Å². The number of piperazine rings is 1. The maximum absolute atomic E-state index is 12.5. The normalized spacial score (nSPS) is 24.5. The molecule has 0 spiro atoms. The molecule has 0 bridgehead atoms. The summed E-state index contributed by atoms with van der Waals surface area (Å²) < 4.78 is 5.60. The molecule has 3 saturated heterocycles. The van der Waals surface area contributed by atoms with Gasteiger partial charge in [-0.15, -0.1) is 0 Å². The third kappa shape index (κ3) is 4.55. The van der Waals surface area contributed by atoms with Gasteiger partial charge < -0.3 is 24.8 Å². The molecule has 0 radical (unpaired) electrons. The van der Waals surface area contributed by atoms with Gasteiger partial charge in [-0.3, -0.25) is 4.79 Å². The monoisotopic (exact) mass is 388 g/mol. The van der Waals surface area contributed by atoms with E-state index in [0.29, 0.717) is 6.54 Å². The van der Waals surface area contributed by atoms with E-state index in [1.165, 1.54) is 0 Å². The number of piperidine rings is 1. The predicted molar refractivity (Wildman–Crippen MR) is 109 cm³/mol. The molecule has 1 amide bonds. The number of nitrogens with one attached hydrogen (secondary N) is 1. The lowest BCUT2D eigenvalue weighted by Gasteiger charge is -2.38. The number of rotatable bonds is 5. The fourth-order valence-corrected chi connectivity index (χ4v) is 4.35. The maximum Gasteiger partial charge on any atom is 0.223 e. The molecule has 8 nitrogen and oxygen atoms in total. The first-order valence-corrected chi connectivity index (χ1v) is 10.6. The van der Waals surface area contributed by atoms with Gasteiger partial charge in [-0.2, -0.15) is 0 Å². The number of aromatic nitrogens is 2. The Morgan fingerprint density at radius 1 is 1.14 bits per heavy atom. The van der Waals surface area contributed by atoms with Crippen LogP contribution in [0.5, 0.6) is 0 Å². The third-order valence-corrected chi connectivity index (χ3v) is 6.21. The second kappa shape index (κ2) is 9.05. The first-order chi connectivity index (χ1) is 13.7. The van der Waals surface area contributed by atoms with Crippen LogP contribution in [-0.2, 0) is 9.53 Å². The van der Waals surface area contributed by atoms with Gasteiger partial charge in [0.15, 0.2) is 5.82 Å². The fraction of sp³-hybridized carbons (Fsp3) is 0.750. The average molecular weight is 389 g/mol. The molecule has 8 heteroatoms. The number of hydrogen-bond acceptors (Lipinski definition) is 7. The Kier molecular flexibility index (Phi) is 6.26. The van der Waals surface area contributed by atoms with Crippen LogP contribution >= 0.6 is 0 Å². The molecule has 0 saturated carbocycles. The van der Waals surface area contributed by atoms with Crippen molar-refractivity contribution in [2.75, 3.05) is 69.3 Å². The Morgan fingerprint density at radius 2 is 1.93 bits per heavy atom. The van der Waals surface area contributed by atoms with Gasteiger partial charge in [0.1, 0.15) is 6.33 Å². The van der Waals surface area contributed by atoms with E-state index in [2.05, 4.69) is 37.0 Å². The number of anilines is 2. The number of nitrogens with zero attached hydrogens (tertiary/aromatic N) is 5. The molecular weight excluding hydrogens is 356 g/mol. The Hall–Kier alpha value is -1.93. The number of carbonyl (C=O) groups excluding carboxylic acids is 1. The van der Waals surface area contributed by atoms with Crippen LogP contribution in [0, 0.1) is 5.92 Å². The SMILES string of the molecule is CN1CCN(c2ncncc2N2CCC(C(=O)NC[C@@H]3CCCO3)CC2)CC1. The molecule has 4 rings (SSSR count). The molecule has 1 aromatic heterocycles. The van der Waals surface area contributed by atoms with E-state index < -0.39 is 0 Å². The zero-order valence-corrected chi connectivity index (χ0v) is 16.8. The molecule has 1 N–H and O–H groups in total. The molecular formula is C20H32N6O2. The molecule has 0 aliphatic carbocycles. The van der Waals surface area contributed by atoms with E-state index in [1.54, 1.807) is 6.33 Å². The highest BCUT2D eigenvalue weighted by Crippen LogP contribution is 2.30. The molecule has 3 aliphatic rings. The van der Waals surface area contributed by atoms with Gasteiger partial charge in [0.2, 0.25) is 5.91 Å². The Labute approximate surface area is 167 Å². The van der Waals surface area contributed by atoms with E-state index in [9.17, 15) is 4.79 Å². The Balaban J connectivity index is 1.32. The van der Waals surface area contributed by atoms with Gasteiger partial charge in [-0.25, -0.2) is 9.97 Å². The molecule has 3 fully saturated rings. The van der Waals surface area contributed by atoms with Gasteiger partial charge in [0, 0.05) is 58.3 Å². The number of hydrogen-bond donors (Lipinski definition) is 1. The standard InChI is InChI=1S/C20H32N6O2/c1-24-8-10-26(11-9-24)19-18(14-21-15-23-19)25-6-4-16(5-7-25)20(27)22-13-17-3-2-12-28-17/h14-17H,2-13H2,1H3,(H,22,27)/t17-/m0/s1. The van der Waals surface area contributed by atoms with Crippen LogP contribution in [-0.4, -0.2) is 86.3 Å². The number of ether oxygens (including phenoxy) is 1. The highest BCUT2D eigenvalue weighted by Gasteiger charge is 2.28. The van der Waals surface area contributed by atoms with Crippen molar-refractivity contribution in [3.8, 4) is 0 Å². The summed E-state index contributed by atoms with van der Waals surface area (Å²) in [7, 11) is 2.16. The van der Waals surface area contributed by atoms with Crippen molar-refractivity contribution >= 4 is 17.4 Å². The van der Waals surface area contributed by atoms with E-state index in [-0.39, 0.29) is 17.9 Å². The van der Waals surface area contributed by atoms with Crippen LogP contribution in [0.25, 0.3) is 0 Å². The van der Waals surface area contributed by atoms with E-state index in [1.807, 2.05) is 6.20 Å². The Morgan fingerprint density at radius 3 is 2.64 bits per heavy atom. The van der Waals surface area contributed by atoms with Crippen molar-refractivity contribution in [3.63, 3.8) is 0 Å². The minimum Gasteiger partial charge on any atom is -0.376 e. The smallest absolute Gasteiger partial charge is 0.223 e. The van der Waals surface area contributed by atoms with Crippen LogP contribution in [0.2, 0.25) is 0 Å². The minimum atomic E-state index is 0.0920. The van der Waals surface area contributed by atoms with Gasteiger partial charge in [0.25, 0.3) is 0 Å². The van der Waals surface area contributed by atoms with E-state index in [4.69, 9.17) is 4.74 Å². The molecule has 28 heavy (non-hydrogen) atoms. The van der Waals surface area contributed by atoms with Crippen LogP contribution in [0.15, 0.2) is 12.5 Å². The lowest BCUT2D eigenvalue weighted by molar-refractivity contribution is -0.126. The van der Waals surface area contributed by atoms with Crippen molar-refractivity contribution in [1.29, 1.82) is 0 Å². The summed E-state index contributed by atoms with van der Waals surface area (Å²) in [5.74, 6) is 1.30. The Bertz CT molecular complexity index is 650. The topological polar surface area (TPSA) is 73.8 Å². The van der Waals surface area contributed by atoms with Gasteiger partial charge in [-0.1, -0.05) is 0 Å². The molecule has 0 aromatic carbocycles. The van der Waals surface area contributed by atoms with Crippen molar-refractivity contribution in [2.24, 2.45) is 5.92 Å². The average Bonchev–Trinajstić information content (AvgIpc) is 3.26. The summed E-state index contributed by atoms with van der Waals surface area (Å²) in [5, 5.41) is 3.10. The molecule has 4 heterocycles. The van der Waals surface area contributed by atoms with Crippen molar-refractivity contribution in [3.05, 3.63) is 12.5 Å². The number of amides is 1. The molecule has 0 unspecified atom stereocenters. The zero-order valence-electron chi connectivity index (χ0n) is 16.8. The molecule has 3 aliphatic heterocycles. The van der Waals surface area contributed by atoms with Gasteiger partial charge in [-0.05, 0) is 32.7 Å². The van der Waals surface area contributed by atoms with Crippen LogP contribution < -0.4 is 15.1 Å².